The normalized spacial score (nSPS) is 10.8. The highest BCUT2D eigenvalue weighted by atomic mass is 35.5. The number of thioether (sulfide) groups is 1. The topological polar surface area (TPSA) is 114 Å². The van der Waals surface area contributed by atoms with E-state index in [4.69, 9.17) is 16.3 Å². The van der Waals surface area contributed by atoms with E-state index in [1.165, 1.54) is 11.6 Å². The van der Waals surface area contributed by atoms with Crippen LogP contribution < -0.4 is 15.6 Å². The molecular formula is C14H13ClN6O3S. The lowest BCUT2D eigenvalue weighted by molar-refractivity contribution is -0.113. The number of fused-ring (bicyclic) bond motifs is 1. The SMILES string of the molecule is COc1ccc(Cl)cc1NC(=O)CSc1nnc2[nH]c(=O)c(C)nn12. The highest BCUT2D eigenvalue weighted by molar-refractivity contribution is 7.99. The molecule has 0 fully saturated rings. The van der Waals surface area contributed by atoms with Gasteiger partial charge >= 0.3 is 0 Å². The number of carbonyl (C=O) groups is 1. The molecule has 0 bridgehead atoms. The first kappa shape index (κ1) is 17.2. The van der Waals surface area contributed by atoms with Crippen LogP contribution in [0, 0.1) is 6.92 Å². The summed E-state index contributed by atoms with van der Waals surface area (Å²) >= 11 is 7.07. The molecule has 0 radical (unpaired) electrons. The first-order valence-electron chi connectivity index (χ1n) is 7.06. The summed E-state index contributed by atoms with van der Waals surface area (Å²) in [5, 5.41) is 15.4. The van der Waals surface area contributed by atoms with Crippen molar-refractivity contribution in [3.8, 4) is 5.75 Å². The second-order valence-corrected chi connectivity index (χ2v) is 6.32. The van der Waals surface area contributed by atoms with Crippen LogP contribution in [0.4, 0.5) is 5.69 Å². The molecule has 0 aliphatic heterocycles. The van der Waals surface area contributed by atoms with Crippen LogP contribution >= 0.6 is 23.4 Å². The molecule has 11 heteroatoms. The molecular weight excluding hydrogens is 368 g/mol. The molecule has 130 valence electrons. The minimum atomic E-state index is -0.331. The first-order chi connectivity index (χ1) is 12.0. The standard InChI is InChI=1S/C14H13ClN6O3S/c1-7-12(23)17-13-18-19-14(21(13)20-7)25-6-11(22)16-9-5-8(15)3-4-10(9)24-2/h3-5H,6H2,1-2H3,(H,16,22)(H,17,18,23). The summed E-state index contributed by atoms with van der Waals surface area (Å²) in [5.41, 5.74) is 0.425. The number of hydrogen-bond acceptors (Lipinski definition) is 7. The van der Waals surface area contributed by atoms with E-state index in [2.05, 4.69) is 25.6 Å². The number of carbonyl (C=O) groups excluding carboxylic acids is 1. The molecule has 3 rings (SSSR count). The molecule has 2 aromatic heterocycles. The highest BCUT2D eigenvalue weighted by Gasteiger charge is 2.13. The van der Waals surface area contributed by atoms with Crippen LogP contribution in [0.5, 0.6) is 5.75 Å². The molecule has 3 aromatic rings. The third kappa shape index (κ3) is 3.74. The maximum Gasteiger partial charge on any atom is 0.273 e. The number of benzene rings is 1. The van der Waals surface area contributed by atoms with Gasteiger partial charge in [-0.25, -0.2) is 0 Å². The van der Waals surface area contributed by atoms with Crippen molar-refractivity contribution in [2.45, 2.75) is 12.1 Å². The van der Waals surface area contributed by atoms with Crippen molar-refractivity contribution in [3.63, 3.8) is 0 Å². The van der Waals surface area contributed by atoms with Gasteiger partial charge in [0.15, 0.2) is 0 Å². The molecule has 0 saturated carbocycles. The molecule has 0 aliphatic rings. The lowest BCUT2D eigenvalue weighted by Crippen LogP contribution is -2.17. The second kappa shape index (κ2) is 7.11. The zero-order valence-electron chi connectivity index (χ0n) is 13.2. The number of hydrogen-bond donors (Lipinski definition) is 2. The Hall–Kier alpha value is -2.59. The maximum atomic E-state index is 12.2. The van der Waals surface area contributed by atoms with E-state index in [1.54, 1.807) is 25.1 Å². The van der Waals surface area contributed by atoms with Gasteiger partial charge in [0.1, 0.15) is 11.4 Å². The summed E-state index contributed by atoms with van der Waals surface area (Å²) in [7, 11) is 1.50. The Morgan fingerprint density at radius 2 is 2.24 bits per heavy atom. The fraction of sp³-hybridized carbons (Fsp3) is 0.214. The molecule has 0 atom stereocenters. The number of nitrogens with one attached hydrogen (secondary N) is 2. The summed E-state index contributed by atoms with van der Waals surface area (Å²) in [6.45, 7) is 1.57. The van der Waals surface area contributed by atoms with Crippen molar-refractivity contribution in [1.29, 1.82) is 0 Å². The first-order valence-corrected chi connectivity index (χ1v) is 8.43. The molecule has 25 heavy (non-hydrogen) atoms. The van der Waals surface area contributed by atoms with E-state index in [0.29, 0.717) is 21.6 Å². The third-order valence-electron chi connectivity index (χ3n) is 3.18. The number of ether oxygens (including phenoxy) is 1. The fourth-order valence-corrected chi connectivity index (χ4v) is 2.86. The van der Waals surface area contributed by atoms with E-state index in [9.17, 15) is 9.59 Å². The average Bonchev–Trinajstić information content (AvgIpc) is 2.95. The van der Waals surface area contributed by atoms with Gasteiger partial charge in [-0.2, -0.15) is 9.61 Å². The van der Waals surface area contributed by atoms with Gasteiger partial charge in [0.25, 0.3) is 11.3 Å². The predicted molar refractivity (Wildman–Crippen MR) is 93.5 cm³/mol. The molecule has 0 spiro atoms. The minimum Gasteiger partial charge on any atom is -0.495 e. The predicted octanol–water partition coefficient (Wildman–Crippen LogP) is 1.51. The Kier molecular flexibility index (Phi) is 4.91. The lowest BCUT2D eigenvalue weighted by Gasteiger charge is -2.10. The number of H-pyrrole nitrogens is 1. The molecule has 2 N–H and O–H groups in total. The van der Waals surface area contributed by atoms with Crippen molar-refractivity contribution in [2.24, 2.45) is 0 Å². The Balaban J connectivity index is 1.72. The summed E-state index contributed by atoms with van der Waals surface area (Å²) in [6.07, 6.45) is 0. The Labute approximate surface area is 150 Å². The zero-order valence-corrected chi connectivity index (χ0v) is 14.8. The van der Waals surface area contributed by atoms with Gasteiger partial charge in [-0.05, 0) is 25.1 Å². The van der Waals surface area contributed by atoms with Crippen LogP contribution in [0.2, 0.25) is 5.02 Å². The number of amides is 1. The van der Waals surface area contributed by atoms with Crippen molar-refractivity contribution in [1.82, 2.24) is 24.8 Å². The molecule has 0 saturated heterocycles. The number of anilines is 1. The van der Waals surface area contributed by atoms with E-state index in [-0.39, 0.29) is 28.7 Å². The molecule has 0 aliphatic carbocycles. The van der Waals surface area contributed by atoms with Crippen molar-refractivity contribution in [3.05, 3.63) is 39.3 Å². The van der Waals surface area contributed by atoms with Crippen LogP contribution in [0.25, 0.3) is 5.78 Å². The van der Waals surface area contributed by atoms with Crippen molar-refractivity contribution >= 4 is 40.7 Å². The van der Waals surface area contributed by atoms with E-state index < -0.39 is 0 Å². The molecule has 2 heterocycles. The molecule has 1 aromatic carbocycles. The summed E-state index contributed by atoms with van der Waals surface area (Å²) in [5.74, 6) is 0.514. The zero-order chi connectivity index (χ0) is 18.0. The largest absolute Gasteiger partial charge is 0.495 e. The van der Waals surface area contributed by atoms with Crippen molar-refractivity contribution < 1.29 is 9.53 Å². The van der Waals surface area contributed by atoms with Gasteiger partial charge in [-0.15, -0.1) is 10.2 Å². The monoisotopic (exact) mass is 380 g/mol. The smallest absolute Gasteiger partial charge is 0.273 e. The number of aryl methyl sites for hydroxylation is 1. The average molecular weight is 381 g/mol. The molecule has 9 nitrogen and oxygen atoms in total. The van der Waals surface area contributed by atoms with Crippen LogP contribution in [0.3, 0.4) is 0 Å². The Bertz CT molecular complexity index is 1000. The molecule has 0 unspecified atom stereocenters. The number of methoxy groups -OCH3 is 1. The van der Waals surface area contributed by atoms with Crippen molar-refractivity contribution in [2.75, 3.05) is 18.2 Å². The summed E-state index contributed by atoms with van der Waals surface area (Å²) < 4.78 is 6.57. The number of aromatic amines is 1. The Morgan fingerprint density at radius 3 is 3.00 bits per heavy atom. The van der Waals surface area contributed by atoms with Gasteiger partial charge in [-0.3, -0.25) is 14.6 Å². The van der Waals surface area contributed by atoms with Crippen LogP contribution in [0.1, 0.15) is 5.69 Å². The lowest BCUT2D eigenvalue weighted by atomic mass is 10.3. The van der Waals surface area contributed by atoms with Crippen LogP contribution in [-0.2, 0) is 4.79 Å². The third-order valence-corrected chi connectivity index (χ3v) is 4.34. The number of nitrogens with zero attached hydrogens (tertiary/aromatic N) is 4. The molecule has 1 amide bonds. The van der Waals surface area contributed by atoms with E-state index in [0.717, 1.165) is 11.8 Å². The summed E-state index contributed by atoms with van der Waals surface area (Å²) in [6, 6.07) is 4.94. The van der Waals surface area contributed by atoms with Gasteiger partial charge in [-0.1, -0.05) is 23.4 Å². The number of halogens is 1. The minimum absolute atomic E-state index is 0.0658. The number of aromatic nitrogens is 5. The Morgan fingerprint density at radius 1 is 1.44 bits per heavy atom. The van der Waals surface area contributed by atoms with Gasteiger partial charge < -0.3 is 10.1 Å². The summed E-state index contributed by atoms with van der Waals surface area (Å²) in [4.78, 5) is 26.2. The van der Waals surface area contributed by atoms with Gasteiger partial charge in [0.2, 0.25) is 11.1 Å². The highest BCUT2D eigenvalue weighted by Crippen LogP contribution is 2.28. The number of rotatable bonds is 5. The van der Waals surface area contributed by atoms with Gasteiger partial charge in [0.05, 0.1) is 18.6 Å². The van der Waals surface area contributed by atoms with E-state index >= 15 is 0 Å². The second-order valence-electron chi connectivity index (χ2n) is 4.94. The fourth-order valence-electron chi connectivity index (χ4n) is 2.01. The maximum absolute atomic E-state index is 12.2. The van der Waals surface area contributed by atoms with Gasteiger partial charge in [0, 0.05) is 5.02 Å². The van der Waals surface area contributed by atoms with Crippen LogP contribution in [0.15, 0.2) is 28.2 Å². The quantitative estimate of drug-likeness (QED) is 0.645. The van der Waals surface area contributed by atoms with Crippen LogP contribution in [-0.4, -0.2) is 43.6 Å². The van der Waals surface area contributed by atoms with E-state index in [1.807, 2.05) is 0 Å².